The van der Waals surface area contributed by atoms with Gasteiger partial charge in [0.1, 0.15) is 6.04 Å². The highest BCUT2D eigenvalue weighted by Gasteiger charge is 2.29. The second kappa shape index (κ2) is 9.28. The fourth-order valence-electron chi connectivity index (χ4n) is 4.21. The third-order valence-corrected chi connectivity index (χ3v) is 5.91. The molecule has 8 heteroatoms. The number of hydrogen-bond donors (Lipinski definition) is 3. The van der Waals surface area contributed by atoms with Crippen LogP contribution in [0.1, 0.15) is 52.0 Å². The van der Waals surface area contributed by atoms with Gasteiger partial charge in [0, 0.05) is 6.54 Å². The van der Waals surface area contributed by atoms with Crippen molar-refractivity contribution in [3.05, 3.63) is 45.1 Å². The molecule has 1 aromatic heterocycles. The number of benzene rings is 1. The van der Waals surface area contributed by atoms with Crippen LogP contribution in [0.15, 0.2) is 33.9 Å². The Hall–Kier alpha value is -2.90. The van der Waals surface area contributed by atoms with Crippen LogP contribution in [-0.2, 0) is 9.59 Å². The molecule has 0 spiro atoms. The molecule has 1 saturated carbocycles. The van der Waals surface area contributed by atoms with E-state index in [0.717, 1.165) is 17.4 Å². The van der Waals surface area contributed by atoms with E-state index >= 15 is 0 Å². The van der Waals surface area contributed by atoms with Crippen LogP contribution in [0.4, 0.5) is 0 Å². The fourth-order valence-corrected chi connectivity index (χ4v) is 4.21. The molecule has 1 aliphatic rings. The van der Waals surface area contributed by atoms with Gasteiger partial charge in [0.05, 0.1) is 16.8 Å². The zero-order valence-electron chi connectivity index (χ0n) is 17.4. The van der Waals surface area contributed by atoms with E-state index in [1.807, 2.05) is 13.8 Å². The van der Waals surface area contributed by atoms with Gasteiger partial charge in [-0.15, -0.1) is 0 Å². The summed E-state index contributed by atoms with van der Waals surface area (Å²) >= 11 is 0. The lowest BCUT2D eigenvalue weighted by molar-refractivity contribution is -0.143. The maximum atomic E-state index is 13.0. The minimum Gasteiger partial charge on any atom is -0.481 e. The highest BCUT2D eigenvalue weighted by atomic mass is 16.4. The molecule has 1 heterocycles. The van der Waals surface area contributed by atoms with Crippen molar-refractivity contribution in [3.63, 3.8) is 0 Å². The number of hydrogen-bond acceptors (Lipinski definition) is 4. The van der Waals surface area contributed by atoms with Crippen LogP contribution in [0.2, 0.25) is 0 Å². The minimum atomic E-state index is -0.902. The van der Waals surface area contributed by atoms with Crippen LogP contribution in [0.5, 0.6) is 0 Å². The lowest BCUT2D eigenvalue weighted by Crippen LogP contribution is -2.46. The van der Waals surface area contributed by atoms with Gasteiger partial charge in [-0.05, 0) is 56.1 Å². The number of rotatable bonds is 7. The fraction of sp³-hybridized carbons (Fsp3) is 0.545. The minimum absolute atomic E-state index is 0.101. The molecular formula is C22H29N3O5. The van der Waals surface area contributed by atoms with Crippen LogP contribution in [0, 0.1) is 17.8 Å². The van der Waals surface area contributed by atoms with Gasteiger partial charge in [0.2, 0.25) is 5.91 Å². The number of carbonyl (C=O) groups excluding carboxylic acids is 1. The van der Waals surface area contributed by atoms with E-state index in [2.05, 4.69) is 10.3 Å². The molecule has 8 nitrogen and oxygen atoms in total. The van der Waals surface area contributed by atoms with E-state index < -0.39 is 23.3 Å². The van der Waals surface area contributed by atoms with Crippen molar-refractivity contribution < 1.29 is 14.7 Å². The molecule has 0 aliphatic heterocycles. The molecule has 1 aliphatic carbocycles. The number of nitrogens with one attached hydrogen (secondary N) is 2. The molecule has 162 valence electrons. The Morgan fingerprint density at radius 1 is 1.17 bits per heavy atom. The second-order valence-corrected chi connectivity index (χ2v) is 8.60. The maximum Gasteiger partial charge on any atom is 0.329 e. The molecule has 3 N–H and O–H groups in total. The van der Waals surface area contributed by atoms with Crippen LogP contribution < -0.4 is 16.6 Å². The molecule has 3 rings (SSSR count). The second-order valence-electron chi connectivity index (χ2n) is 8.60. The Labute approximate surface area is 174 Å². The molecule has 0 unspecified atom stereocenters. The van der Waals surface area contributed by atoms with Crippen molar-refractivity contribution in [2.45, 2.75) is 52.0 Å². The third-order valence-electron chi connectivity index (χ3n) is 5.91. The standard InChI is InChI=1S/C22H29N3O5/c1-13(2)11-18(19(26)23-12-14-7-9-15(10-8-14)21(28)29)25-20(27)16-5-3-4-6-17(16)24-22(25)30/h3-6,13-15,18H,7-12H2,1-2H3,(H,23,26)(H,24,30)(H,28,29)/t14?,15?,18-/m1/s1. The summed E-state index contributed by atoms with van der Waals surface area (Å²) in [6.07, 6.45) is 3.05. The van der Waals surface area contributed by atoms with E-state index in [-0.39, 0.29) is 23.7 Å². The molecule has 0 bridgehead atoms. The quantitative estimate of drug-likeness (QED) is 0.641. The molecule has 1 aromatic carbocycles. The third kappa shape index (κ3) is 4.80. The molecule has 1 atom stereocenters. The van der Waals surface area contributed by atoms with Gasteiger partial charge in [-0.1, -0.05) is 26.0 Å². The number of carbonyl (C=O) groups is 2. The van der Waals surface area contributed by atoms with Gasteiger partial charge in [0.25, 0.3) is 5.56 Å². The van der Waals surface area contributed by atoms with Crippen molar-refractivity contribution in [2.24, 2.45) is 17.8 Å². The molecular weight excluding hydrogens is 386 g/mol. The zero-order chi connectivity index (χ0) is 21.8. The van der Waals surface area contributed by atoms with Crippen molar-refractivity contribution in [2.75, 3.05) is 6.54 Å². The zero-order valence-corrected chi connectivity index (χ0v) is 17.4. The van der Waals surface area contributed by atoms with E-state index in [0.29, 0.717) is 36.7 Å². The summed E-state index contributed by atoms with van der Waals surface area (Å²) < 4.78 is 1.03. The summed E-state index contributed by atoms with van der Waals surface area (Å²) in [4.78, 5) is 52.5. The molecule has 2 aromatic rings. The van der Waals surface area contributed by atoms with Crippen LogP contribution in [0.3, 0.4) is 0 Å². The Kier molecular flexibility index (Phi) is 6.74. The number of fused-ring (bicyclic) bond motifs is 1. The number of nitrogens with zero attached hydrogens (tertiary/aromatic N) is 1. The van der Waals surface area contributed by atoms with Gasteiger partial charge >= 0.3 is 11.7 Å². The van der Waals surface area contributed by atoms with Crippen LogP contribution >= 0.6 is 0 Å². The van der Waals surface area contributed by atoms with Gasteiger partial charge in [-0.3, -0.25) is 14.4 Å². The number of carboxylic acid groups (broad SMARTS) is 1. The maximum absolute atomic E-state index is 13.0. The Balaban J connectivity index is 1.79. The molecule has 1 amide bonds. The number of H-pyrrole nitrogens is 1. The van der Waals surface area contributed by atoms with Gasteiger partial charge in [-0.2, -0.15) is 0 Å². The monoisotopic (exact) mass is 415 g/mol. The average Bonchev–Trinajstić information content (AvgIpc) is 2.71. The van der Waals surface area contributed by atoms with E-state index in [1.54, 1.807) is 24.3 Å². The Bertz CT molecular complexity index is 1030. The van der Waals surface area contributed by atoms with Crippen molar-refractivity contribution >= 4 is 22.8 Å². The van der Waals surface area contributed by atoms with E-state index in [1.165, 1.54) is 0 Å². The van der Waals surface area contributed by atoms with Crippen LogP contribution in [0.25, 0.3) is 10.9 Å². The predicted octanol–water partition coefficient (Wildman–Crippen LogP) is 2.28. The molecule has 30 heavy (non-hydrogen) atoms. The summed E-state index contributed by atoms with van der Waals surface area (Å²) in [5.74, 6) is -1.11. The van der Waals surface area contributed by atoms with Crippen molar-refractivity contribution in [1.29, 1.82) is 0 Å². The Morgan fingerprint density at radius 3 is 2.47 bits per heavy atom. The summed E-state index contributed by atoms with van der Waals surface area (Å²) in [7, 11) is 0. The van der Waals surface area contributed by atoms with Gasteiger partial charge in [-0.25, -0.2) is 9.36 Å². The van der Waals surface area contributed by atoms with Crippen molar-refractivity contribution in [3.8, 4) is 0 Å². The first kappa shape index (κ1) is 21.8. The number of aromatic nitrogens is 2. The summed E-state index contributed by atoms with van der Waals surface area (Å²) in [6.45, 7) is 4.29. The smallest absolute Gasteiger partial charge is 0.329 e. The van der Waals surface area contributed by atoms with Gasteiger partial charge in [0.15, 0.2) is 0 Å². The number of aliphatic carboxylic acids is 1. The van der Waals surface area contributed by atoms with E-state index in [4.69, 9.17) is 5.11 Å². The summed E-state index contributed by atoms with van der Waals surface area (Å²) in [5.41, 5.74) is -0.624. The summed E-state index contributed by atoms with van der Waals surface area (Å²) in [6, 6.07) is 5.85. The SMILES string of the molecule is CC(C)C[C@H](C(=O)NCC1CCC(C(=O)O)CC1)n1c(=O)[nH]c2ccccc2c1=O. The topological polar surface area (TPSA) is 121 Å². The predicted molar refractivity (Wildman–Crippen MR) is 113 cm³/mol. The number of para-hydroxylation sites is 1. The lowest BCUT2D eigenvalue weighted by atomic mass is 9.82. The number of carboxylic acids is 1. The van der Waals surface area contributed by atoms with Crippen molar-refractivity contribution in [1.82, 2.24) is 14.9 Å². The average molecular weight is 415 g/mol. The summed E-state index contributed by atoms with van der Waals surface area (Å²) in [5, 5.41) is 12.4. The lowest BCUT2D eigenvalue weighted by Gasteiger charge is -2.27. The van der Waals surface area contributed by atoms with Crippen LogP contribution in [-0.4, -0.2) is 33.1 Å². The number of aromatic amines is 1. The Morgan fingerprint density at radius 2 is 1.83 bits per heavy atom. The number of amides is 1. The first-order valence-electron chi connectivity index (χ1n) is 10.5. The molecule has 1 fully saturated rings. The normalized spacial score (nSPS) is 20.2. The van der Waals surface area contributed by atoms with E-state index in [9.17, 15) is 19.2 Å². The highest BCUT2D eigenvalue weighted by Crippen LogP contribution is 2.28. The molecule has 0 radical (unpaired) electrons. The first-order valence-corrected chi connectivity index (χ1v) is 10.5. The molecule has 0 saturated heterocycles. The highest BCUT2D eigenvalue weighted by molar-refractivity contribution is 5.81. The first-order chi connectivity index (χ1) is 14.3. The van der Waals surface area contributed by atoms with Gasteiger partial charge < -0.3 is 15.4 Å². The largest absolute Gasteiger partial charge is 0.481 e.